The van der Waals surface area contributed by atoms with Crippen molar-refractivity contribution in [2.75, 3.05) is 63.8 Å². The van der Waals surface area contributed by atoms with Crippen molar-refractivity contribution < 1.29 is 64.4 Å². The smallest absolute Gasteiger partial charge is 0.191 e. The molecule has 0 aliphatic carbocycles. The van der Waals surface area contributed by atoms with Gasteiger partial charge in [0.2, 0.25) is 0 Å². The van der Waals surface area contributed by atoms with Crippen molar-refractivity contribution >= 4 is 64.4 Å². The molecular formula is C56H58F2N4O12S2. The molecule has 400 valence electrons. The van der Waals surface area contributed by atoms with Crippen molar-refractivity contribution in [3.8, 4) is 23.0 Å². The SMILES string of the molecule is COc1cc(NC(C(=O)c2c[nH]c3c(C)cc(C)cc23)c2ccc(F)cc2OCCO)cc(S(C)(=O)=O)c1.COc1cc(NC(C(=O)c2c[nH]c3cc(C)c(C)cc23)c2ccc(F)cc2OCCO)cc(S(C)(=O)=O)c1. The number of methoxy groups -OCH3 is 2. The van der Waals surface area contributed by atoms with E-state index in [0.29, 0.717) is 39.0 Å². The van der Waals surface area contributed by atoms with E-state index in [1.807, 2.05) is 52.0 Å². The number of nitrogens with one attached hydrogen (secondary N) is 4. The third kappa shape index (κ3) is 12.8. The number of ether oxygens (including phenoxy) is 4. The third-order valence-corrected chi connectivity index (χ3v) is 14.6. The Kier molecular flexibility index (Phi) is 17.2. The summed E-state index contributed by atoms with van der Waals surface area (Å²) in [6.07, 6.45) is 5.39. The van der Waals surface area contributed by atoms with Crippen LogP contribution in [-0.4, -0.2) is 102 Å². The lowest BCUT2D eigenvalue weighted by atomic mass is 9.94. The van der Waals surface area contributed by atoms with Gasteiger partial charge >= 0.3 is 0 Å². The Balaban J connectivity index is 0.000000221. The minimum Gasteiger partial charge on any atom is -0.497 e. The molecule has 2 aromatic heterocycles. The van der Waals surface area contributed by atoms with Crippen LogP contribution in [0.4, 0.5) is 20.2 Å². The maximum absolute atomic E-state index is 14.2. The number of sulfone groups is 2. The number of aryl methyl sites for hydroxylation is 4. The molecular weight excluding hydrogens is 1020 g/mol. The summed E-state index contributed by atoms with van der Waals surface area (Å²) in [4.78, 5) is 34.6. The Morgan fingerprint density at radius 3 is 1.50 bits per heavy atom. The summed E-state index contributed by atoms with van der Waals surface area (Å²) in [5.74, 6) is -1.18. The second-order valence-electron chi connectivity index (χ2n) is 18.1. The highest BCUT2D eigenvalue weighted by molar-refractivity contribution is 7.91. The lowest BCUT2D eigenvalue weighted by Gasteiger charge is -2.23. The number of aromatic nitrogens is 2. The van der Waals surface area contributed by atoms with E-state index in [-0.39, 0.29) is 70.8 Å². The summed E-state index contributed by atoms with van der Waals surface area (Å²) < 4.78 is 99.3. The number of ketones is 2. The first-order chi connectivity index (χ1) is 36.0. The number of carbonyl (C=O) groups excluding carboxylic acids is 2. The van der Waals surface area contributed by atoms with E-state index in [2.05, 4.69) is 20.6 Å². The van der Waals surface area contributed by atoms with Crippen LogP contribution in [0.2, 0.25) is 0 Å². The highest BCUT2D eigenvalue weighted by Gasteiger charge is 2.31. The van der Waals surface area contributed by atoms with Crippen molar-refractivity contribution in [1.29, 1.82) is 0 Å². The number of halogens is 2. The van der Waals surface area contributed by atoms with Gasteiger partial charge in [-0.2, -0.15) is 0 Å². The molecule has 8 aromatic rings. The molecule has 0 fully saturated rings. The van der Waals surface area contributed by atoms with Crippen LogP contribution in [0, 0.1) is 39.3 Å². The quantitative estimate of drug-likeness (QED) is 0.0390. The largest absolute Gasteiger partial charge is 0.497 e. The van der Waals surface area contributed by atoms with Gasteiger partial charge in [0.25, 0.3) is 0 Å². The van der Waals surface area contributed by atoms with Crippen LogP contribution in [0.1, 0.15) is 66.2 Å². The predicted molar refractivity (Wildman–Crippen MR) is 287 cm³/mol. The zero-order valence-electron chi connectivity index (χ0n) is 42.9. The van der Waals surface area contributed by atoms with E-state index < -0.39 is 43.4 Å². The number of aliphatic hydroxyl groups is 2. The number of benzene rings is 6. The van der Waals surface area contributed by atoms with Crippen molar-refractivity contribution in [3.05, 3.63) is 166 Å². The highest BCUT2D eigenvalue weighted by atomic mass is 32.2. The van der Waals surface area contributed by atoms with Gasteiger partial charge in [-0.05, 0) is 111 Å². The first-order valence-electron chi connectivity index (χ1n) is 23.7. The van der Waals surface area contributed by atoms with Crippen molar-refractivity contribution in [3.63, 3.8) is 0 Å². The van der Waals surface area contributed by atoms with Crippen LogP contribution in [0.15, 0.2) is 119 Å². The van der Waals surface area contributed by atoms with Gasteiger partial charge in [0.1, 0.15) is 59.9 Å². The lowest BCUT2D eigenvalue weighted by molar-refractivity contribution is 0.0961. The van der Waals surface area contributed by atoms with Crippen LogP contribution in [-0.2, 0) is 19.7 Å². The second-order valence-corrected chi connectivity index (χ2v) is 22.2. The molecule has 0 spiro atoms. The number of rotatable bonds is 20. The normalized spacial score (nSPS) is 12.4. The lowest BCUT2D eigenvalue weighted by Crippen LogP contribution is -2.23. The standard InChI is InChI=1S/2C28H29FN2O6S/c1-16-9-23-24(15-30-25(23)10-17(16)2)28(33)27(22-6-5-18(29)11-26(22)37-8-7-32)31-19-12-20(36-3)14-21(13-19)38(4,34)35;1-16-9-17(2)26-23(10-16)24(15-30-26)28(33)27(22-6-5-18(29)11-25(22)37-8-7-32)31-19-12-20(36-3)14-21(13-19)38(4,34)35/h2*5-6,9-15,27,30-32H,7-8H2,1-4H3. The van der Waals surface area contributed by atoms with Crippen LogP contribution in [0.3, 0.4) is 0 Å². The van der Waals surface area contributed by atoms with Gasteiger partial charge < -0.3 is 49.8 Å². The molecule has 0 amide bonds. The number of H-pyrrole nitrogens is 2. The number of fused-ring (bicyclic) bond motifs is 2. The molecule has 0 radical (unpaired) electrons. The van der Waals surface area contributed by atoms with Crippen LogP contribution < -0.4 is 29.6 Å². The van der Waals surface area contributed by atoms with Gasteiger partial charge in [0.15, 0.2) is 31.2 Å². The minimum absolute atomic E-state index is 0.000229. The molecule has 0 aliphatic heterocycles. The fourth-order valence-corrected chi connectivity index (χ4v) is 9.97. The van der Waals surface area contributed by atoms with Crippen molar-refractivity contribution in [1.82, 2.24) is 9.97 Å². The molecule has 2 unspecified atom stereocenters. The monoisotopic (exact) mass is 1080 g/mol. The summed E-state index contributed by atoms with van der Waals surface area (Å²) in [5, 5.41) is 26.2. The summed E-state index contributed by atoms with van der Waals surface area (Å²) in [7, 11) is -4.38. The fourth-order valence-electron chi connectivity index (χ4n) is 8.63. The number of carbonyl (C=O) groups is 2. The molecule has 2 heterocycles. The Morgan fingerprint density at radius 1 is 0.579 bits per heavy atom. The van der Waals surface area contributed by atoms with E-state index in [1.165, 1.54) is 62.8 Å². The molecule has 2 atom stereocenters. The predicted octanol–water partition coefficient (Wildman–Crippen LogP) is 9.49. The van der Waals surface area contributed by atoms with Gasteiger partial charge in [-0.15, -0.1) is 0 Å². The van der Waals surface area contributed by atoms with Gasteiger partial charge in [-0.25, -0.2) is 25.6 Å². The highest BCUT2D eigenvalue weighted by Crippen LogP contribution is 2.38. The molecule has 76 heavy (non-hydrogen) atoms. The van der Waals surface area contributed by atoms with E-state index in [1.54, 1.807) is 24.5 Å². The maximum atomic E-state index is 14.2. The molecule has 6 N–H and O–H groups in total. The Bertz CT molecular complexity index is 3710. The average Bonchev–Trinajstić information content (AvgIpc) is 4.00. The van der Waals surface area contributed by atoms with Crippen molar-refractivity contribution in [2.24, 2.45) is 0 Å². The van der Waals surface area contributed by atoms with Gasteiger partial charge in [-0.3, -0.25) is 9.59 Å². The van der Waals surface area contributed by atoms with Crippen LogP contribution in [0.5, 0.6) is 23.0 Å². The Hall–Kier alpha value is -7.78. The molecule has 16 nitrogen and oxygen atoms in total. The third-order valence-electron chi connectivity index (χ3n) is 12.5. The molecule has 20 heteroatoms. The summed E-state index contributed by atoms with van der Waals surface area (Å²) in [5.41, 5.74) is 7.64. The molecule has 8 rings (SSSR count). The second kappa shape index (κ2) is 23.4. The number of Topliss-reactive ketones (excluding diaryl/α,β-unsaturated/α-hetero) is 2. The van der Waals surface area contributed by atoms with E-state index in [4.69, 9.17) is 18.9 Å². The van der Waals surface area contributed by atoms with E-state index >= 15 is 0 Å². The summed E-state index contributed by atoms with van der Waals surface area (Å²) in [6.45, 7) is 6.98. The molecule has 0 bridgehead atoms. The zero-order chi connectivity index (χ0) is 55.2. The summed E-state index contributed by atoms with van der Waals surface area (Å²) >= 11 is 0. The first-order valence-corrected chi connectivity index (χ1v) is 27.4. The Labute approximate surface area is 438 Å². The molecule has 0 aliphatic rings. The number of anilines is 2. The average molecular weight is 1080 g/mol. The van der Waals surface area contributed by atoms with Gasteiger partial charge in [0, 0.05) is 105 Å². The van der Waals surface area contributed by atoms with Crippen LogP contribution >= 0.6 is 0 Å². The molecule has 6 aromatic carbocycles. The topological polar surface area (TPSA) is 235 Å². The van der Waals surface area contributed by atoms with E-state index in [9.17, 15) is 45.4 Å². The first kappa shape index (κ1) is 56.0. The van der Waals surface area contributed by atoms with Gasteiger partial charge in [-0.1, -0.05) is 11.6 Å². The summed E-state index contributed by atoms with van der Waals surface area (Å²) in [6, 6.07) is 21.8. The fraction of sp³-hybridized carbons (Fsp3) is 0.250. The number of hydrogen-bond donors (Lipinski definition) is 6. The number of aliphatic hydroxyl groups excluding tert-OH is 2. The maximum Gasteiger partial charge on any atom is 0.191 e. The van der Waals surface area contributed by atoms with E-state index in [0.717, 1.165) is 63.3 Å². The number of aromatic amines is 2. The number of hydrogen-bond acceptors (Lipinski definition) is 14. The van der Waals surface area contributed by atoms with Crippen LogP contribution in [0.25, 0.3) is 21.8 Å². The zero-order valence-corrected chi connectivity index (χ0v) is 44.6. The molecule has 0 saturated heterocycles. The van der Waals surface area contributed by atoms with Crippen molar-refractivity contribution in [2.45, 2.75) is 49.6 Å². The molecule has 0 saturated carbocycles. The minimum atomic E-state index is -3.60. The Morgan fingerprint density at radius 2 is 1.04 bits per heavy atom. The van der Waals surface area contributed by atoms with Gasteiger partial charge in [0.05, 0.1) is 37.2 Å².